The van der Waals surface area contributed by atoms with E-state index in [1.807, 2.05) is 66.8 Å². The first kappa shape index (κ1) is 82.6. The predicted molar refractivity (Wildman–Crippen MR) is 397 cm³/mol. The van der Waals surface area contributed by atoms with E-state index in [0.717, 1.165) is 63.7 Å². The SMILES string of the molecule is C1CCOC1.CCCCCCc1cc[c-]cc1.CCCCCCc1ccc(Br)cc1.CCCCCCc1ccc(C2(O)c3ccc(Br)cc3C(O)(c3ccc(CCCCCC)cc3)C3C=CC=CC32)cc1.O=C1c2ccc(Br)cc2C(=O)C2C=CC=CC12.[CH2-]CCC.[Li+].[Li+]. The number of aliphatic hydroxyl groups is 2. The Balaban J connectivity index is 0.000000289. The number of carbonyl (C=O) groups excluding carboxylic acids is 2. The van der Waals surface area contributed by atoms with Gasteiger partial charge in [0.1, 0.15) is 11.2 Å². The van der Waals surface area contributed by atoms with E-state index in [-0.39, 0.29) is 73.0 Å². The van der Waals surface area contributed by atoms with Crippen LogP contribution in [0.15, 0.2) is 195 Å². The van der Waals surface area contributed by atoms with Crippen LogP contribution in [0.4, 0.5) is 0 Å². The van der Waals surface area contributed by atoms with Gasteiger partial charge in [0.2, 0.25) is 0 Å². The second kappa shape index (κ2) is 45.7. The zero-order chi connectivity index (χ0) is 66.0. The van der Waals surface area contributed by atoms with E-state index >= 15 is 0 Å². The number of hydrogen-bond acceptors (Lipinski definition) is 5. The zero-order valence-corrected chi connectivity index (χ0v) is 62.7. The van der Waals surface area contributed by atoms with E-state index < -0.39 is 11.2 Å². The van der Waals surface area contributed by atoms with Gasteiger partial charge in [-0.25, -0.2) is 0 Å². The molecule has 6 aromatic carbocycles. The van der Waals surface area contributed by atoms with Crippen LogP contribution in [0.3, 0.4) is 0 Å². The number of carbonyl (C=O) groups is 2. The molecule has 1 heterocycles. The number of Topliss-reactive ketones (excluding diaryl/α,β-unsaturated/α-hetero) is 2. The number of allylic oxidation sites excluding steroid dienone is 6. The average molecular weight is 1450 g/mol. The fourth-order valence-corrected chi connectivity index (χ4v) is 13.6. The first-order chi connectivity index (χ1) is 44.8. The summed E-state index contributed by atoms with van der Waals surface area (Å²) in [5.74, 6) is -1.22. The van der Waals surface area contributed by atoms with Crippen LogP contribution in [0, 0.1) is 36.7 Å². The molecular weight excluding hydrogens is 1340 g/mol. The summed E-state index contributed by atoms with van der Waals surface area (Å²) in [4.78, 5) is 24.5. The Morgan fingerprint density at radius 1 is 0.436 bits per heavy atom. The van der Waals surface area contributed by atoms with Crippen molar-refractivity contribution in [3.8, 4) is 0 Å². The van der Waals surface area contributed by atoms with Crippen LogP contribution in [-0.2, 0) is 41.6 Å². The molecule has 6 unspecified atom stereocenters. The minimum absolute atomic E-state index is 0. The number of aryl methyl sites for hydroxylation is 4. The van der Waals surface area contributed by atoms with Crippen molar-refractivity contribution in [1.29, 1.82) is 0 Å². The van der Waals surface area contributed by atoms with E-state index in [4.69, 9.17) is 4.74 Å². The Morgan fingerprint density at radius 3 is 1.20 bits per heavy atom. The Labute approximate surface area is 617 Å². The number of rotatable bonds is 23. The molecule has 10 heteroatoms. The van der Waals surface area contributed by atoms with Gasteiger partial charge in [-0.2, -0.15) is 42.3 Å². The Morgan fingerprint density at radius 2 is 0.798 bits per heavy atom. The minimum atomic E-state index is -1.28. The summed E-state index contributed by atoms with van der Waals surface area (Å²) >= 11 is 10.4. The van der Waals surface area contributed by atoms with Crippen molar-refractivity contribution < 1.29 is 62.3 Å². The van der Waals surface area contributed by atoms with Crippen LogP contribution in [-0.4, -0.2) is 35.0 Å². The molecule has 494 valence electrons. The van der Waals surface area contributed by atoms with Crippen LogP contribution < -0.4 is 37.7 Å². The fourth-order valence-electron chi connectivity index (χ4n) is 12.7. The van der Waals surface area contributed by atoms with Crippen LogP contribution in [0.2, 0.25) is 0 Å². The second-order valence-corrected chi connectivity index (χ2v) is 27.9. The molecule has 11 rings (SSSR count). The van der Waals surface area contributed by atoms with Gasteiger partial charge < -0.3 is 21.9 Å². The van der Waals surface area contributed by atoms with Crippen LogP contribution in [0.5, 0.6) is 0 Å². The zero-order valence-electron chi connectivity index (χ0n) is 58.0. The molecule has 0 aromatic heterocycles. The van der Waals surface area contributed by atoms with E-state index in [1.54, 1.807) is 18.2 Å². The van der Waals surface area contributed by atoms with Gasteiger partial charge in [-0.05, 0) is 133 Å². The molecule has 5 nitrogen and oxygen atoms in total. The third-order valence-electron chi connectivity index (χ3n) is 18.1. The number of hydrogen-bond donors (Lipinski definition) is 2. The van der Waals surface area contributed by atoms with Gasteiger partial charge in [0, 0.05) is 49.6 Å². The third-order valence-corrected chi connectivity index (χ3v) is 19.6. The van der Waals surface area contributed by atoms with Crippen molar-refractivity contribution >= 4 is 59.4 Å². The van der Waals surface area contributed by atoms with Gasteiger partial charge in [-0.1, -0.05) is 294 Å². The summed E-state index contributed by atoms with van der Waals surface area (Å²) in [7, 11) is 0. The monoisotopic (exact) mass is 1440 g/mol. The van der Waals surface area contributed by atoms with E-state index in [2.05, 4.69) is 192 Å². The summed E-state index contributed by atoms with van der Waals surface area (Å²) in [6.07, 6.45) is 45.6. The predicted octanol–water partition coefficient (Wildman–Crippen LogP) is 17.3. The fraction of sp³-hybridized carbons (Fsp3) is 0.440. The van der Waals surface area contributed by atoms with Crippen molar-refractivity contribution in [2.75, 3.05) is 13.2 Å². The van der Waals surface area contributed by atoms with Crippen LogP contribution in [0.25, 0.3) is 0 Å². The minimum Gasteiger partial charge on any atom is -0.381 e. The smallest absolute Gasteiger partial charge is 0.381 e. The number of ether oxygens (including phenoxy) is 1. The summed E-state index contributed by atoms with van der Waals surface area (Å²) < 4.78 is 7.83. The molecule has 0 spiro atoms. The van der Waals surface area contributed by atoms with Crippen molar-refractivity contribution in [3.63, 3.8) is 0 Å². The molecule has 2 N–H and O–H groups in total. The molecule has 0 radical (unpaired) electrons. The molecule has 4 aliphatic carbocycles. The standard InChI is InChI=1S/C38H45BrO2.C14H9BrO2.C12H17Br.C12H17.C4H8O.C4H9.2Li/c1-3-5-7-9-13-28-17-21-30(22-18-28)37(40)33-15-11-12-16-34(33)38(41,36-27-32(39)25-26-35(36)37)31-23-19-29(20-24-31)14-10-8-6-4-2;15-8-5-6-11-12(7-8)14(17)10-4-2-1-3-9(10)13(11)16;1-2-3-4-5-6-11-7-9-12(13)10-8-11;1-2-3-4-6-9-12-10-7-5-8-11-12;1-2-4-5-3-1;1-3-4-2;;/h11-12,15-27,33-34,40-41H,3-10,13-14H2,1-2H3;1-7,9-10H;7-10H,2-6H2,1H3;7-8,10-11H,2-4,6,9H2,1H3;1-4H2;1,3-4H2,2H3;;/q;;;-1;;-1;2*+1. The molecule has 0 amide bonds. The van der Waals surface area contributed by atoms with Crippen molar-refractivity contribution in [2.24, 2.45) is 23.7 Å². The molecule has 5 aliphatic rings. The normalized spacial score (nSPS) is 19.7. The van der Waals surface area contributed by atoms with Crippen LogP contribution >= 0.6 is 47.8 Å². The molecule has 1 saturated heterocycles. The van der Waals surface area contributed by atoms with Gasteiger partial charge in [0.25, 0.3) is 0 Å². The number of benzene rings is 6. The van der Waals surface area contributed by atoms with E-state index in [1.165, 1.54) is 162 Å². The molecule has 0 bridgehead atoms. The average Bonchev–Trinajstić information content (AvgIpc) is 0.718. The summed E-state index contributed by atoms with van der Waals surface area (Å²) in [6.45, 7) is 16.7. The number of ketones is 2. The number of halogens is 3. The van der Waals surface area contributed by atoms with Crippen molar-refractivity contribution in [2.45, 2.75) is 200 Å². The first-order valence-corrected chi connectivity index (χ1v) is 37.2. The van der Waals surface area contributed by atoms with Gasteiger partial charge in [-0.3, -0.25) is 9.59 Å². The Hall–Kier alpha value is -3.87. The van der Waals surface area contributed by atoms with Gasteiger partial charge in [0.05, 0.1) is 11.8 Å². The molecule has 6 aromatic rings. The first-order valence-electron chi connectivity index (χ1n) is 34.9. The maximum atomic E-state index is 12.8. The van der Waals surface area contributed by atoms with Gasteiger partial charge >= 0.3 is 37.7 Å². The quantitative estimate of drug-likeness (QED) is 0.0379. The van der Waals surface area contributed by atoms with Gasteiger partial charge in [0.15, 0.2) is 11.6 Å². The van der Waals surface area contributed by atoms with Crippen molar-refractivity contribution in [3.05, 3.63) is 264 Å². The van der Waals surface area contributed by atoms with E-state index in [9.17, 15) is 19.8 Å². The summed E-state index contributed by atoms with van der Waals surface area (Å²) in [5, 5.41) is 25.6. The number of fused-ring (bicyclic) bond motifs is 4. The van der Waals surface area contributed by atoms with E-state index in [0.29, 0.717) is 11.1 Å². The molecule has 1 aliphatic heterocycles. The number of unbranched alkanes of at least 4 members (excludes halogenated alkanes) is 13. The van der Waals surface area contributed by atoms with Crippen molar-refractivity contribution in [1.82, 2.24) is 0 Å². The maximum Gasteiger partial charge on any atom is 1.00 e. The largest absolute Gasteiger partial charge is 1.00 e. The Bertz CT molecular complexity index is 3220. The van der Waals surface area contributed by atoms with Gasteiger partial charge in [-0.15, -0.1) is 0 Å². The molecule has 0 saturated carbocycles. The molecule has 1 fully saturated rings. The van der Waals surface area contributed by atoms with Crippen LogP contribution in [0.1, 0.15) is 228 Å². The topological polar surface area (TPSA) is 83.8 Å². The maximum absolute atomic E-state index is 12.8. The summed E-state index contributed by atoms with van der Waals surface area (Å²) in [6, 6.07) is 48.3. The Kier molecular flexibility index (Phi) is 40.1. The second-order valence-electron chi connectivity index (χ2n) is 25.1. The molecule has 94 heavy (non-hydrogen) atoms. The molecule has 6 atom stereocenters. The third kappa shape index (κ3) is 24.8. The summed E-state index contributed by atoms with van der Waals surface area (Å²) in [5.41, 5.74) is 7.31. The molecular formula is C84H105Br3Li2O5.